The number of carbonyl (C=O) groups excluding carboxylic acids is 3. The van der Waals surface area contributed by atoms with Crippen molar-refractivity contribution in [3.8, 4) is 10.6 Å². The summed E-state index contributed by atoms with van der Waals surface area (Å²) < 4.78 is 6.49. The molecule has 2 aromatic heterocycles. The highest BCUT2D eigenvalue weighted by molar-refractivity contribution is 7.13. The zero-order chi connectivity index (χ0) is 19.4. The number of rotatable bonds is 5. The third-order valence-electron chi connectivity index (χ3n) is 3.57. The summed E-state index contributed by atoms with van der Waals surface area (Å²) in [7, 11) is 1.68. The third-order valence-corrected chi connectivity index (χ3v) is 4.71. The Bertz CT molecular complexity index is 994. The molecular weight excluding hydrogens is 390 g/mol. The lowest BCUT2D eigenvalue weighted by Crippen LogP contribution is -2.35. The number of nitrogens with one attached hydrogen (secondary N) is 1. The van der Waals surface area contributed by atoms with Gasteiger partial charge in [-0.15, -0.1) is 11.3 Å². The van der Waals surface area contributed by atoms with Crippen molar-refractivity contribution in [2.24, 2.45) is 7.05 Å². The summed E-state index contributed by atoms with van der Waals surface area (Å²) in [5.74, 6) is -2.03. The van der Waals surface area contributed by atoms with Crippen LogP contribution in [0.15, 0.2) is 48.0 Å². The van der Waals surface area contributed by atoms with Crippen molar-refractivity contribution in [1.82, 2.24) is 14.9 Å². The van der Waals surface area contributed by atoms with Gasteiger partial charge in [-0.25, -0.2) is 9.78 Å². The van der Waals surface area contributed by atoms with Gasteiger partial charge in [0.1, 0.15) is 10.7 Å². The molecule has 0 saturated carbocycles. The Morgan fingerprint density at radius 2 is 1.96 bits per heavy atom. The number of hydrogen-bond acceptors (Lipinski definition) is 6. The predicted molar refractivity (Wildman–Crippen MR) is 101 cm³/mol. The maximum absolute atomic E-state index is 12.0. The topological polar surface area (TPSA) is 90.3 Å². The van der Waals surface area contributed by atoms with Gasteiger partial charge in [-0.2, -0.15) is 0 Å². The van der Waals surface area contributed by atoms with E-state index in [0.717, 1.165) is 5.56 Å². The van der Waals surface area contributed by atoms with E-state index in [1.807, 2.05) is 0 Å². The second-order valence-corrected chi connectivity index (χ2v) is 6.80. The van der Waals surface area contributed by atoms with E-state index >= 15 is 0 Å². The standard InChI is InChI=1S/C18H14ClN3O4S/c1-22-8-2-3-14(22)16(24)21-15(23)9-26-18(25)13-10-27-17(20-13)11-4-6-12(19)7-5-11/h2-8,10H,9H2,1H3,(H,21,23,24). The molecule has 0 atom stereocenters. The first kappa shape index (κ1) is 18.8. The van der Waals surface area contributed by atoms with Crippen molar-refractivity contribution >= 4 is 40.7 Å². The highest BCUT2D eigenvalue weighted by Gasteiger charge is 2.17. The van der Waals surface area contributed by atoms with E-state index in [4.69, 9.17) is 16.3 Å². The van der Waals surface area contributed by atoms with Gasteiger partial charge in [0.05, 0.1) is 0 Å². The van der Waals surface area contributed by atoms with Crippen molar-refractivity contribution in [3.63, 3.8) is 0 Å². The Labute approximate surface area is 163 Å². The fourth-order valence-corrected chi connectivity index (χ4v) is 3.14. The number of carbonyl (C=O) groups is 3. The van der Waals surface area contributed by atoms with Gasteiger partial charge < -0.3 is 9.30 Å². The van der Waals surface area contributed by atoms with Gasteiger partial charge >= 0.3 is 5.97 Å². The van der Waals surface area contributed by atoms with Gasteiger partial charge in [-0.05, 0) is 24.3 Å². The number of halogens is 1. The molecule has 0 unspecified atom stereocenters. The number of amides is 2. The Morgan fingerprint density at radius 1 is 1.22 bits per heavy atom. The molecule has 0 aliphatic carbocycles. The van der Waals surface area contributed by atoms with Crippen LogP contribution in [0.3, 0.4) is 0 Å². The first-order valence-corrected chi connectivity index (χ1v) is 9.04. The van der Waals surface area contributed by atoms with Gasteiger partial charge in [0.15, 0.2) is 12.3 Å². The van der Waals surface area contributed by atoms with Crippen molar-refractivity contribution < 1.29 is 19.1 Å². The second-order valence-electron chi connectivity index (χ2n) is 5.50. The molecule has 27 heavy (non-hydrogen) atoms. The lowest BCUT2D eigenvalue weighted by molar-refractivity contribution is -0.123. The van der Waals surface area contributed by atoms with Crippen molar-refractivity contribution in [2.75, 3.05) is 6.61 Å². The number of imide groups is 1. The van der Waals surface area contributed by atoms with Crippen LogP contribution >= 0.6 is 22.9 Å². The molecule has 1 N–H and O–H groups in total. The van der Waals surface area contributed by atoms with Gasteiger partial charge in [0, 0.05) is 29.2 Å². The molecule has 9 heteroatoms. The molecule has 0 aliphatic heterocycles. The number of nitrogens with zero attached hydrogens (tertiary/aromatic N) is 2. The summed E-state index contributed by atoms with van der Waals surface area (Å²) in [5, 5.41) is 4.93. The molecule has 2 amide bonds. The van der Waals surface area contributed by atoms with Crippen LogP contribution in [0, 0.1) is 0 Å². The van der Waals surface area contributed by atoms with Crippen LogP contribution in [-0.4, -0.2) is 33.9 Å². The normalized spacial score (nSPS) is 10.4. The first-order valence-electron chi connectivity index (χ1n) is 7.78. The van der Waals surface area contributed by atoms with E-state index < -0.39 is 24.4 Å². The Hall–Kier alpha value is -2.97. The molecule has 0 aliphatic rings. The van der Waals surface area contributed by atoms with Crippen LogP contribution in [0.25, 0.3) is 10.6 Å². The summed E-state index contributed by atoms with van der Waals surface area (Å²) in [6.45, 7) is -0.581. The van der Waals surface area contributed by atoms with Crippen LogP contribution in [0.4, 0.5) is 0 Å². The summed E-state index contributed by atoms with van der Waals surface area (Å²) in [4.78, 5) is 40.0. The van der Waals surface area contributed by atoms with E-state index in [1.54, 1.807) is 59.6 Å². The van der Waals surface area contributed by atoms with E-state index in [2.05, 4.69) is 10.3 Å². The maximum atomic E-state index is 12.0. The predicted octanol–water partition coefficient (Wildman–Crippen LogP) is 2.92. The van der Waals surface area contributed by atoms with Crippen LogP contribution in [-0.2, 0) is 16.6 Å². The van der Waals surface area contributed by atoms with Gasteiger partial charge in [-0.3, -0.25) is 14.9 Å². The van der Waals surface area contributed by atoms with Crippen LogP contribution in [0.5, 0.6) is 0 Å². The number of benzene rings is 1. The van der Waals surface area contributed by atoms with E-state index in [0.29, 0.717) is 15.7 Å². The molecule has 0 fully saturated rings. The molecule has 3 aromatic rings. The zero-order valence-corrected chi connectivity index (χ0v) is 15.7. The molecule has 7 nitrogen and oxygen atoms in total. The molecule has 0 radical (unpaired) electrons. The fourth-order valence-electron chi connectivity index (χ4n) is 2.22. The SMILES string of the molecule is Cn1cccc1C(=O)NC(=O)COC(=O)c1csc(-c2ccc(Cl)cc2)n1. The lowest BCUT2D eigenvalue weighted by atomic mass is 10.2. The quantitative estimate of drug-likeness (QED) is 0.661. The third kappa shape index (κ3) is 4.60. The zero-order valence-electron chi connectivity index (χ0n) is 14.1. The average molecular weight is 404 g/mol. The fraction of sp³-hybridized carbons (Fsp3) is 0.111. The van der Waals surface area contributed by atoms with Crippen molar-refractivity contribution in [2.45, 2.75) is 0 Å². The van der Waals surface area contributed by atoms with Gasteiger partial charge in [0.2, 0.25) is 0 Å². The monoisotopic (exact) mass is 403 g/mol. The highest BCUT2D eigenvalue weighted by Crippen LogP contribution is 2.25. The molecule has 0 spiro atoms. The number of thiazole rings is 1. The average Bonchev–Trinajstić information content (AvgIpc) is 3.29. The Morgan fingerprint density at radius 3 is 2.63 bits per heavy atom. The van der Waals surface area contributed by atoms with Crippen LogP contribution in [0.1, 0.15) is 21.0 Å². The number of hydrogen-bond donors (Lipinski definition) is 1. The molecule has 3 rings (SSSR count). The number of aromatic nitrogens is 2. The van der Waals surface area contributed by atoms with Crippen LogP contribution < -0.4 is 5.32 Å². The van der Waals surface area contributed by atoms with Crippen molar-refractivity contribution in [1.29, 1.82) is 0 Å². The summed E-state index contributed by atoms with van der Waals surface area (Å²) in [6, 6.07) is 10.3. The molecule has 2 heterocycles. The van der Waals surface area contributed by atoms with Gasteiger partial charge in [-0.1, -0.05) is 23.7 Å². The molecule has 138 valence electrons. The first-order chi connectivity index (χ1) is 12.9. The number of ether oxygens (including phenoxy) is 1. The molecule has 0 bridgehead atoms. The maximum Gasteiger partial charge on any atom is 0.358 e. The van der Waals surface area contributed by atoms with E-state index in [9.17, 15) is 14.4 Å². The largest absolute Gasteiger partial charge is 0.451 e. The Kier molecular flexibility index (Phi) is 5.68. The Balaban J connectivity index is 1.55. The molecular formula is C18H14ClN3O4S. The smallest absolute Gasteiger partial charge is 0.358 e. The molecule has 1 aromatic carbocycles. The van der Waals surface area contributed by atoms with E-state index in [-0.39, 0.29) is 5.69 Å². The number of esters is 1. The number of aryl methyl sites for hydroxylation is 1. The minimum Gasteiger partial charge on any atom is -0.451 e. The van der Waals surface area contributed by atoms with Crippen molar-refractivity contribution in [3.05, 3.63) is 64.4 Å². The lowest BCUT2D eigenvalue weighted by Gasteiger charge is -2.05. The molecule has 0 saturated heterocycles. The van der Waals surface area contributed by atoms with Crippen LogP contribution in [0.2, 0.25) is 5.02 Å². The van der Waals surface area contributed by atoms with Gasteiger partial charge in [0.25, 0.3) is 11.8 Å². The second kappa shape index (κ2) is 8.15. The minimum atomic E-state index is -0.743. The highest BCUT2D eigenvalue weighted by atomic mass is 35.5. The summed E-state index contributed by atoms with van der Waals surface area (Å²) in [5.41, 5.74) is 1.22. The minimum absolute atomic E-state index is 0.0894. The van der Waals surface area contributed by atoms with E-state index in [1.165, 1.54) is 11.3 Å². The summed E-state index contributed by atoms with van der Waals surface area (Å²) >= 11 is 7.12. The summed E-state index contributed by atoms with van der Waals surface area (Å²) in [6.07, 6.45) is 1.68.